The minimum absolute atomic E-state index is 0.258. The van der Waals surface area contributed by atoms with Crippen LogP contribution in [0.15, 0.2) is 30.3 Å². The second kappa shape index (κ2) is 4.01. The summed E-state index contributed by atoms with van der Waals surface area (Å²) < 4.78 is 16.7. The van der Waals surface area contributed by atoms with E-state index in [2.05, 4.69) is 12.1 Å². The first-order valence-electron chi connectivity index (χ1n) is 5.57. The van der Waals surface area contributed by atoms with Gasteiger partial charge in [-0.3, -0.25) is 0 Å². The van der Waals surface area contributed by atoms with Crippen LogP contribution in [0.25, 0.3) is 5.57 Å². The molecule has 0 aliphatic carbocycles. The van der Waals surface area contributed by atoms with Crippen LogP contribution >= 0.6 is 0 Å². The van der Waals surface area contributed by atoms with Crippen molar-refractivity contribution in [1.82, 2.24) is 0 Å². The quantitative estimate of drug-likeness (QED) is 0.762. The van der Waals surface area contributed by atoms with Crippen molar-refractivity contribution < 1.29 is 14.2 Å². The third-order valence-corrected chi connectivity index (χ3v) is 2.88. The van der Waals surface area contributed by atoms with E-state index in [0.717, 1.165) is 5.57 Å². The molecule has 0 fully saturated rings. The van der Waals surface area contributed by atoms with Crippen LogP contribution in [0, 0.1) is 0 Å². The lowest BCUT2D eigenvalue weighted by molar-refractivity contribution is -0.194. The minimum Gasteiger partial charge on any atom is -0.349 e. The Morgan fingerprint density at radius 3 is 3.12 bits per heavy atom. The molecule has 3 nitrogen and oxygen atoms in total. The van der Waals surface area contributed by atoms with Crippen molar-refractivity contribution in [2.45, 2.75) is 26.1 Å². The van der Waals surface area contributed by atoms with E-state index in [4.69, 9.17) is 14.2 Å². The molecule has 1 aromatic carbocycles. The Bertz CT molecular complexity index is 425. The fourth-order valence-electron chi connectivity index (χ4n) is 2.15. The zero-order chi connectivity index (χ0) is 11.0. The Morgan fingerprint density at radius 1 is 1.38 bits per heavy atom. The smallest absolute Gasteiger partial charge is 0.188 e. The predicted molar refractivity (Wildman–Crippen MR) is 59.5 cm³/mol. The number of benzene rings is 1. The maximum atomic E-state index is 5.63. The summed E-state index contributed by atoms with van der Waals surface area (Å²) in [6, 6.07) is 8.25. The highest BCUT2D eigenvalue weighted by molar-refractivity contribution is 5.73. The normalized spacial score (nSPS) is 27.2. The molecular weight excluding hydrogens is 204 g/mol. The van der Waals surface area contributed by atoms with Crippen LogP contribution in [0.3, 0.4) is 0 Å². The molecule has 0 amide bonds. The van der Waals surface area contributed by atoms with Crippen LogP contribution in [0.1, 0.15) is 18.1 Å². The van der Waals surface area contributed by atoms with Gasteiger partial charge in [0.1, 0.15) is 0 Å². The molecular formula is C13H14O3. The molecule has 0 spiro atoms. The van der Waals surface area contributed by atoms with E-state index < -0.39 is 0 Å². The third kappa shape index (κ3) is 1.57. The largest absolute Gasteiger partial charge is 0.349 e. The number of hydrogen-bond acceptors (Lipinski definition) is 3. The topological polar surface area (TPSA) is 27.7 Å². The van der Waals surface area contributed by atoms with E-state index in [-0.39, 0.29) is 12.6 Å². The van der Waals surface area contributed by atoms with Crippen molar-refractivity contribution in [3.8, 4) is 0 Å². The van der Waals surface area contributed by atoms with Gasteiger partial charge in [0, 0.05) is 12.2 Å². The van der Waals surface area contributed by atoms with Crippen molar-refractivity contribution in [1.29, 1.82) is 0 Å². The number of ether oxygens (including phenoxy) is 3. The first-order chi connectivity index (χ1) is 7.88. The van der Waals surface area contributed by atoms with Crippen molar-refractivity contribution >= 4 is 5.57 Å². The first kappa shape index (κ1) is 10.0. The fourth-order valence-corrected chi connectivity index (χ4v) is 2.15. The molecule has 0 N–H and O–H groups in total. The van der Waals surface area contributed by atoms with Crippen LogP contribution in [0.2, 0.25) is 0 Å². The van der Waals surface area contributed by atoms with E-state index in [1.165, 1.54) is 11.1 Å². The minimum atomic E-state index is -0.267. The van der Waals surface area contributed by atoms with Crippen LogP contribution < -0.4 is 0 Å². The summed E-state index contributed by atoms with van der Waals surface area (Å²) in [5, 5.41) is 0. The SMILES string of the molecule is CCOC1C=C2c3ccccc3COC2O1. The lowest BCUT2D eigenvalue weighted by Crippen LogP contribution is -2.22. The molecule has 16 heavy (non-hydrogen) atoms. The van der Waals surface area contributed by atoms with Gasteiger partial charge in [-0.05, 0) is 24.1 Å². The highest BCUT2D eigenvalue weighted by Crippen LogP contribution is 2.36. The van der Waals surface area contributed by atoms with E-state index in [1.54, 1.807) is 0 Å². The summed E-state index contributed by atoms with van der Waals surface area (Å²) in [6.45, 7) is 3.21. The average molecular weight is 218 g/mol. The summed E-state index contributed by atoms with van der Waals surface area (Å²) in [7, 11) is 0. The maximum absolute atomic E-state index is 5.63. The van der Waals surface area contributed by atoms with Crippen LogP contribution in [-0.2, 0) is 20.8 Å². The molecule has 2 atom stereocenters. The second-order valence-corrected chi connectivity index (χ2v) is 3.88. The van der Waals surface area contributed by atoms with Gasteiger partial charge in [-0.25, -0.2) is 0 Å². The van der Waals surface area contributed by atoms with E-state index >= 15 is 0 Å². The third-order valence-electron chi connectivity index (χ3n) is 2.88. The Hall–Kier alpha value is -1.16. The Morgan fingerprint density at radius 2 is 2.25 bits per heavy atom. The van der Waals surface area contributed by atoms with Crippen molar-refractivity contribution in [2.75, 3.05) is 6.61 Å². The average Bonchev–Trinajstić information content (AvgIpc) is 2.72. The van der Waals surface area contributed by atoms with Gasteiger partial charge < -0.3 is 14.2 Å². The van der Waals surface area contributed by atoms with Gasteiger partial charge >= 0.3 is 0 Å². The molecule has 3 heteroatoms. The number of fused-ring (bicyclic) bond motifs is 3. The molecule has 0 saturated heterocycles. The monoisotopic (exact) mass is 218 g/mol. The molecule has 0 bridgehead atoms. The Balaban J connectivity index is 1.95. The lowest BCUT2D eigenvalue weighted by atomic mass is 9.98. The molecule has 3 rings (SSSR count). The molecule has 2 heterocycles. The summed E-state index contributed by atoms with van der Waals surface area (Å²) in [5.74, 6) is 0. The van der Waals surface area contributed by atoms with Crippen LogP contribution in [-0.4, -0.2) is 19.2 Å². The summed E-state index contributed by atoms with van der Waals surface area (Å²) in [4.78, 5) is 0. The van der Waals surface area contributed by atoms with Crippen molar-refractivity contribution in [3.05, 3.63) is 41.5 Å². The molecule has 0 radical (unpaired) electrons. The molecule has 2 aliphatic rings. The standard InChI is InChI=1S/C13H14O3/c1-2-14-12-7-11-10-6-4-3-5-9(10)8-15-13(11)16-12/h3-7,12-13H,2,8H2,1H3. The van der Waals surface area contributed by atoms with Crippen LogP contribution in [0.4, 0.5) is 0 Å². The van der Waals surface area contributed by atoms with Gasteiger partial charge in [0.15, 0.2) is 12.6 Å². The number of rotatable bonds is 2. The molecule has 1 aromatic rings. The summed E-state index contributed by atoms with van der Waals surface area (Å²) in [5.41, 5.74) is 3.53. The predicted octanol–water partition coefficient (Wildman–Crippen LogP) is 2.32. The van der Waals surface area contributed by atoms with Gasteiger partial charge in [0.25, 0.3) is 0 Å². The van der Waals surface area contributed by atoms with Gasteiger partial charge in [0.2, 0.25) is 0 Å². The first-order valence-corrected chi connectivity index (χ1v) is 5.57. The second-order valence-electron chi connectivity index (χ2n) is 3.88. The van der Waals surface area contributed by atoms with Crippen molar-refractivity contribution in [3.63, 3.8) is 0 Å². The molecule has 0 saturated carbocycles. The molecule has 2 unspecified atom stereocenters. The van der Waals surface area contributed by atoms with Crippen LogP contribution in [0.5, 0.6) is 0 Å². The zero-order valence-electron chi connectivity index (χ0n) is 9.18. The van der Waals surface area contributed by atoms with Gasteiger partial charge in [-0.2, -0.15) is 0 Å². The highest BCUT2D eigenvalue weighted by Gasteiger charge is 2.33. The summed E-state index contributed by atoms with van der Waals surface area (Å²) in [6.07, 6.45) is 1.48. The maximum Gasteiger partial charge on any atom is 0.188 e. The molecule has 2 aliphatic heterocycles. The lowest BCUT2D eigenvalue weighted by Gasteiger charge is -2.24. The molecule has 84 valence electrons. The van der Waals surface area contributed by atoms with Gasteiger partial charge in [-0.15, -0.1) is 0 Å². The molecule has 0 aromatic heterocycles. The van der Waals surface area contributed by atoms with Crippen molar-refractivity contribution in [2.24, 2.45) is 0 Å². The Labute approximate surface area is 94.6 Å². The van der Waals surface area contributed by atoms with E-state index in [9.17, 15) is 0 Å². The van der Waals surface area contributed by atoms with Gasteiger partial charge in [0.05, 0.1) is 6.61 Å². The van der Waals surface area contributed by atoms with E-state index in [1.807, 2.05) is 25.1 Å². The highest BCUT2D eigenvalue weighted by atomic mass is 16.8. The zero-order valence-corrected chi connectivity index (χ0v) is 9.18. The van der Waals surface area contributed by atoms with Gasteiger partial charge in [-0.1, -0.05) is 24.3 Å². The van der Waals surface area contributed by atoms with E-state index in [0.29, 0.717) is 13.2 Å². The summed E-state index contributed by atoms with van der Waals surface area (Å²) >= 11 is 0. The Kier molecular flexibility index (Phi) is 2.52. The fraction of sp³-hybridized carbons (Fsp3) is 0.385. The number of hydrogen-bond donors (Lipinski definition) is 0.